The lowest BCUT2D eigenvalue weighted by atomic mass is 10.1. The van der Waals surface area contributed by atoms with Crippen LogP contribution in [-0.4, -0.2) is 13.4 Å². The van der Waals surface area contributed by atoms with Gasteiger partial charge in [0.2, 0.25) is 10.0 Å². The first-order valence-corrected chi connectivity index (χ1v) is 6.20. The predicted molar refractivity (Wildman–Crippen MR) is 59.5 cm³/mol. The van der Waals surface area contributed by atoms with Gasteiger partial charge in [0.25, 0.3) is 0 Å². The maximum absolute atomic E-state index is 11.3. The highest BCUT2D eigenvalue weighted by Gasteiger charge is 2.23. The summed E-state index contributed by atoms with van der Waals surface area (Å²) in [5.41, 5.74) is 0.488. The molecule has 0 aliphatic carbocycles. The molecule has 0 bridgehead atoms. The molecular weight excluding hydrogens is 212 g/mol. The summed E-state index contributed by atoms with van der Waals surface area (Å²) in [7, 11) is -3.60. The fraction of sp³-hybridized carbons (Fsp3) is 0.300. The number of sulfonamides is 1. The minimum absolute atomic E-state index is 0.416. The number of hydrogen-bond donors (Lipinski definition) is 1. The van der Waals surface area contributed by atoms with Crippen LogP contribution < -0.4 is 5.14 Å². The second kappa shape index (κ2) is 5.04. The van der Waals surface area contributed by atoms with Gasteiger partial charge < -0.3 is 0 Å². The maximum Gasteiger partial charge on any atom is 0.217 e. The van der Waals surface area contributed by atoms with Crippen LogP contribution in [0.3, 0.4) is 0 Å². The van der Waals surface area contributed by atoms with Crippen molar-refractivity contribution in [3.05, 3.63) is 42.7 Å². The summed E-state index contributed by atoms with van der Waals surface area (Å²) in [6.45, 7) is 3.55. The first kappa shape index (κ1) is 11.9. The standard InChI is InChI=1S/C10H14N2O2S/c1-2-3-7-10(15(11,13)14)9-6-4-5-8-12-9/h2,4-6,8,10H,1,3,7H2,(H2,11,13,14)/t10-/m1/s1. The fourth-order valence-electron chi connectivity index (χ4n) is 1.32. The van der Waals surface area contributed by atoms with Gasteiger partial charge in [0, 0.05) is 6.20 Å². The van der Waals surface area contributed by atoms with E-state index >= 15 is 0 Å². The maximum atomic E-state index is 11.3. The molecule has 82 valence electrons. The van der Waals surface area contributed by atoms with E-state index in [1.165, 1.54) is 0 Å². The fourth-order valence-corrected chi connectivity index (χ4v) is 2.26. The van der Waals surface area contributed by atoms with E-state index in [1.807, 2.05) is 0 Å². The first-order chi connectivity index (χ1) is 7.05. The molecule has 0 saturated heterocycles. The molecule has 0 aliphatic heterocycles. The van der Waals surface area contributed by atoms with Crippen LogP contribution in [0.25, 0.3) is 0 Å². The molecule has 1 aromatic rings. The van der Waals surface area contributed by atoms with Gasteiger partial charge in [-0.15, -0.1) is 6.58 Å². The Morgan fingerprint density at radius 1 is 1.53 bits per heavy atom. The van der Waals surface area contributed by atoms with Crippen LogP contribution in [0.15, 0.2) is 37.1 Å². The van der Waals surface area contributed by atoms with Crippen molar-refractivity contribution in [1.82, 2.24) is 4.98 Å². The third-order valence-electron chi connectivity index (χ3n) is 2.05. The molecule has 0 unspecified atom stereocenters. The van der Waals surface area contributed by atoms with Crippen molar-refractivity contribution in [1.29, 1.82) is 0 Å². The third-order valence-corrected chi connectivity index (χ3v) is 3.32. The number of nitrogens with zero attached hydrogens (tertiary/aromatic N) is 1. The lowest BCUT2D eigenvalue weighted by Gasteiger charge is -2.12. The Hall–Kier alpha value is -1.20. The minimum Gasteiger partial charge on any atom is -0.260 e. The smallest absolute Gasteiger partial charge is 0.217 e. The monoisotopic (exact) mass is 226 g/mol. The molecule has 0 spiro atoms. The lowest BCUT2D eigenvalue weighted by Crippen LogP contribution is -2.22. The van der Waals surface area contributed by atoms with Crippen LogP contribution in [0.5, 0.6) is 0 Å². The molecule has 2 N–H and O–H groups in total. The van der Waals surface area contributed by atoms with Crippen LogP contribution >= 0.6 is 0 Å². The number of nitrogens with two attached hydrogens (primary N) is 1. The average Bonchev–Trinajstić information content (AvgIpc) is 2.18. The van der Waals surface area contributed by atoms with E-state index in [2.05, 4.69) is 11.6 Å². The van der Waals surface area contributed by atoms with Gasteiger partial charge in [-0.1, -0.05) is 12.1 Å². The van der Waals surface area contributed by atoms with Crippen molar-refractivity contribution in [3.8, 4) is 0 Å². The number of rotatable bonds is 5. The summed E-state index contributed by atoms with van der Waals surface area (Å²) in [5, 5.41) is 4.41. The van der Waals surface area contributed by atoms with Crippen LogP contribution in [0.2, 0.25) is 0 Å². The van der Waals surface area contributed by atoms with Gasteiger partial charge in [0.15, 0.2) is 0 Å². The summed E-state index contributed by atoms with van der Waals surface area (Å²) in [5.74, 6) is 0. The van der Waals surface area contributed by atoms with Gasteiger partial charge in [-0.05, 0) is 25.0 Å². The van der Waals surface area contributed by atoms with Crippen LogP contribution in [0.1, 0.15) is 23.8 Å². The summed E-state index contributed by atoms with van der Waals surface area (Å²) < 4.78 is 22.7. The average molecular weight is 226 g/mol. The van der Waals surface area contributed by atoms with Gasteiger partial charge in [0.05, 0.1) is 5.69 Å². The highest BCUT2D eigenvalue weighted by atomic mass is 32.2. The first-order valence-electron chi connectivity index (χ1n) is 4.59. The highest BCUT2D eigenvalue weighted by molar-refractivity contribution is 7.89. The molecule has 1 rings (SSSR count). The summed E-state index contributed by atoms with van der Waals surface area (Å²) in [6.07, 6.45) is 4.24. The molecule has 0 saturated carbocycles. The molecule has 1 aromatic heterocycles. The second-order valence-corrected chi connectivity index (χ2v) is 4.95. The van der Waals surface area contributed by atoms with Crippen LogP contribution in [0.4, 0.5) is 0 Å². The third kappa shape index (κ3) is 3.45. The van der Waals surface area contributed by atoms with Crippen molar-refractivity contribution in [2.45, 2.75) is 18.1 Å². The molecule has 0 radical (unpaired) electrons. The Morgan fingerprint density at radius 2 is 2.27 bits per heavy atom. The van der Waals surface area contributed by atoms with Gasteiger partial charge in [-0.25, -0.2) is 13.6 Å². The number of allylic oxidation sites excluding steroid dienone is 1. The quantitative estimate of drug-likeness (QED) is 0.771. The van der Waals surface area contributed by atoms with E-state index in [9.17, 15) is 8.42 Å². The Kier molecular flexibility index (Phi) is 3.99. The van der Waals surface area contributed by atoms with E-state index < -0.39 is 15.3 Å². The Labute approximate surface area is 89.9 Å². The highest BCUT2D eigenvalue weighted by Crippen LogP contribution is 2.23. The Morgan fingerprint density at radius 3 is 2.73 bits per heavy atom. The SMILES string of the molecule is C=CCC[C@H](c1ccccn1)S(N)(=O)=O. The summed E-state index contributed by atoms with van der Waals surface area (Å²) in [4.78, 5) is 4.00. The Bertz CT molecular complexity index is 414. The molecule has 4 nitrogen and oxygen atoms in total. The van der Waals surface area contributed by atoms with E-state index in [-0.39, 0.29) is 0 Å². The van der Waals surface area contributed by atoms with Crippen LogP contribution in [-0.2, 0) is 10.0 Å². The summed E-state index contributed by atoms with van der Waals surface area (Å²) in [6, 6.07) is 5.14. The second-order valence-electron chi connectivity index (χ2n) is 3.20. The molecule has 1 heterocycles. The van der Waals surface area contributed by atoms with Crippen molar-refractivity contribution >= 4 is 10.0 Å². The van der Waals surface area contributed by atoms with E-state index in [1.54, 1.807) is 30.5 Å². The minimum atomic E-state index is -3.60. The van der Waals surface area contributed by atoms with Crippen molar-refractivity contribution in [3.63, 3.8) is 0 Å². The van der Waals surface area contributed by atoms with Gasteiger partial charge in [0.1, 0.15) is 5.25 Å². The van der Waals surface area contributed by atoms with Gasteiger partial charge >= 0.3 is 0 Å². The topological polar surface area (TPSA) is 73.0 Å². The molecule has 1 atom stereocenters. The van der Waals surface area contributed by atoms with E-state index in [0.717, 1.165) is 0 Å². The molecule has 15 heavy (non-hydrogen) atoms. The zero-order valence-corrected chi connectivity index (χ0v) is 9.15. The zero-order valence-electron chi connectivity index (χ0n) is 8.33. The zero-order chi connectivity index (χ0) is 11.3. The molecule has 5 heteroatoms. The summed E-state index contributed by atoms with van der Waals surface area (Å²) >= 11 is 0. The van der Waals surface area contributed by atoms with Gasteiger partial charge in [-0.3, -0.25) is 4.98 Å². The number of aromatic nitrogens is 1. The van der Waals surface area contributed by atoms with Crippen LogP contribution in [0, 0.1) is 0 Å². The number of pyridine rings is 1. The van der Waals surface area contributed by atoms with Crippen molar-refractivity contribution in [2.75, 3.05) is 0 Å². The van der Waals surface area contributed by atoms with Crippen molar-refractivity contribution < 1.29 is 8.42 Å². The molecule has 0 amide bonds. The molecule has 0 fully saturated rings. The number of primary sulfonamides is 1. The van der Waals surface area contributed by atoms with E-state index in [4.69, 9.17) is 5.14 Å². The van der Waals surface area contributed by atoms with Gasteiger partial charge in [-0.2, -0.15) is 0 Å². The normalized spacial score (nSPS) is 13.4. The number of hydrogen-bond acceptors (Lipinski definition) is 3. The molecular formula is C10H14N2O2S. The molecule has 0 aliphatic rings. The largest absolute Gasteiger partial charge is 0.260 e. The molecule has 0 aromatic carbocycles. The predicted octanol–water partition coefficient (Wildman–Crippen LogP) is 1.38. The van der Waals surface area contributed by atoms with E-state index in [0.29, 0.717) is 18.5 Å². The Balaban J connectivity index is 2.97. The lowest BCUT2D eigenvalue weighted by molar-refractivity contribution is 0.575. The van der Waals surface area contributed by atoms with Crippen molar-refractivity contribution in [2.24, 2.45) is 5.14 Å².